The molecule has 0 spiro atoms. The number of hydrogen-bond acceptors (Lipinski definition) is 3. The van der Waals surface area contributed by atoms with E-state index in [1.807, 2.05) is 18.2 Å². The molecule has 1 N–H and O–H groups in total. The molecule has 1 heterocycles. The van der Waals surface area contributed by atoms with Crippen molar-refractivity contribution in [3.8, 4) is 0 Å². The van der Waals surface area contributed by atoms with Crippen LogP contribution in [0.1, 0.15) is 24.4 Å². The van der Waals surface area contributed by atoms with Crippen molar-refractivity contribution in [2.45, 2.75) is 18.9 Å². The molecular formula is C13H17NO2. The van der Waals surface area contributed by atoms with Crippen molar-refractivity contribution in [3.05, 3.63) is 35.9 Å². The zero-order valence-corrected chi connectivity index (χ0v) is 9.48. The largest absolute Gasteiger partial charge is 0.469 e. The van der Waals surface area contributed by atoms with Crippen molar-refractivity contribution in [1.82, 2.24) is 5.32 Å². The Bertz CT molecular complexity index is 350. The predicted octanol–water partition coefficient (Wildman–Crippen LogP) is 1.90. The third-order valence-electron chi connectivity index (χ3n) is 3.14. The molecule has 1 unspecified atom stereocenters. The summed E-state index contributed by atoms with van der Waals surface area (Å²) in [5, 5.41) is 3.44. The minimum atomic E-state index is -0.0811. The Balaban J connectivity index is 2.05. The van der Waals surface area contributed by atoms with E-state index in [2.05, 4.69) is 17.4 Å². The van der Waals surface area contributed by atoms with Crippen LogP contribution in [0.3, 0.4) is 0 Å². The van der Waals surface area contributed by atoms with Crippen LogP contribution < -0.4 is 5.32 Å². The summed E-state index contributed by atoms with van der Waals surface area (Å²) in [5.74, 6) is -0.0427. The van der Waals surface area contributed by atoms with Gasteiger partial charge in [0.1, 0.15) is 0 Å². The number of nitrogens with one attached hydrogen (secondary N) is 1. The van der Waals surface area contributed by atoms with Gasteiger partial charge in [0.25, 0.3) is 0 Å². The number of piperidine rings is 1. The van der Waals surface area contributed by atoms with E-state index in [1.54, 1.807) is 0 Å². The fourth-order valence-electron chi connectivity index (χ4n) is 2.24. The standard InChI is InChI=1S/C13H17NO2/c1-16-13(15)11-7-8-14-12(9-11)10-5-3-2-4-6-10/h2-6,11-12,14H,7-9H2,1H3/t11?,12-/m1/s1. The molecule has 0 amide bonds. The van der Waals surface area contributed by atoms with Gasteiger partial charge >= 0.3 is 5.97 Å². The van der Waals surface area contributed by atoms with Gasteiger partial charge in [-0.1, -0.05) is 30.3 Å². The zero-order chi connectivity index (χ0) is 11.4. The van der Waals surface area contributed by atoms with Crippen molar-refractivity contribution in [3.63, 3.8) is 0 Å². The number of rotatable bonds is 2. The number of carbonyl (C=O) groups excluding carboxylic acids is 1. The topological polar surface area (TPSA) is 38.3 Å². The van der Waals surface area contributed by atoms with Gasteiger partial charge in [0, 0.05) is 6.04 Å². The van der Waals surface area contributed by atoms with Gasteiger partial charge in [-0.2, -0.15) is 0 Å². The summed E-state index contributed by atoms with van der Waals surface area (Å²) in [5.41, 5.74) is 1.25. The molecule has 0 saturated carbocycles. The second-order valence-corrected chi connectivity index (χ2v) is 4.16. The normalized spacial score (nSPS) is 25.1. The Morgan fingerprint density at radius 2 is 2.12 bits per heavy atom. The van der Waals surface area contributed by atoms with Gasteiger partial charge in [-0.15, -0.1) is 0 Å². The summed E-state index contributed by atoms with van der Waals surface area (Å²) in [4.78, 5) is 11.5. The summed E-state index contributed by atoms with van der Waals surface area (Å²) < 4.78 is 4.81. The van der Waals surface area contributed by atoms with E-state index < -0.39 is 0 Å². The number of benzene rings is 1. The van der Waals surface area contributed by atoms with Crippen LogP contribution in [0.25, 0.3) is 0 Å². The third-order valence-corrected chi connectivity index (χ3v) is 3.14. The molecule has 1 aromatic carbocycles. The molecule has 3 heteroatoms. The Morgan fingerprint density at radius 1 is 1.38 bits per heavy atom. The van der Waals surface area contributed by atoms with Crippen LogP contribution in [0.4, 0.5) is 0 Å². The second kappa shape index (κ2) is 5.12. The van der Waals surface area contributed by atoms with E-state index in [9.17, 15) is 4.79 Å². The lowest BCUT2D eigenvalue weighted by Gasteiger charge is -2.29. The monoisotopic (exact) mass is 219 g/mol. The van der Waals surface area contributed by atoms with Gasteiger partial charge in [-0.25, -0.2) is 0 Å². The summed E-state index contributed by atoms with van der Waals surface area (Å²) in [6.07, 6.45) is 1.70. The van der Waals surface area contributed by atoms with Crippen LogP contribution in [0.15, 0.2) is 30.3 Å². The van der Waals surface area contributed by atoms with Crippen LogP contribution in [0, 0.1) is 5.92 Å². The molecule has 1 aliphatic rings. The highest BCUT2D eigenvalue weighted by molar-refractivity contribution is 5.72. The molecule has 1 aliphatic heterocycles. The number of esters is 1. The molecule has 86 valence electrons. The SMILES string of the molecule is COC(=O)C1CCN[C@@H](c2ccccc2)C1. The first-order valence-electron chi connectivity index (χ1n) is 5.67. The van der Waals surface area contributed by atoms with Crippen LogP contribution in [-0.2, 0) is 9.53 Å². The van der Waals surface area contributed by atoms with E-state index in [-0.39, 0.29) is 17.9 Å². The van der Waals surface area contributed by atoms with Gasteiger partial charge in [0.2, 0.25) is 0 Å². The number of hydrogen-bond donors (Lipinski definition) is 1. The number of methoxy groups -OCH3 is 1. The minimum Gasteiger partial charge on any atom is -0.469 e. The highest BCUT2D eigenvalue weighted by Crippen LogP contribution is 2.27. The highest BCUT2D eigenvalue weighted by Gasteiger charge is 2.28. The lowest BCUT2D eigenvalue weighted by Crippen LogP contribution is -2.35. The van der Waals surface area contributed by atoms with Crippen LogP contribution in [0.2, 0.25) is 0 Å². The molecule has 2 rings (SSSR count). The van der Waals surface area contributed by atoms with Crippen molar-refractivity contribution in [2.75, 3.05) is 13.7 Å². The average Bonchev–Trinajstić information content (AvgIpc) is 2.39. The molecule has 0 bridgehead atoms. The van der Waals surface area contributed by atoms with Gasteiger partial charge < -0.3 is 10.1 Å². The Kier molecular flexibility index (Phi) is 3.57. The van der Waals surface area contributed by atoms with Crippen LogP contribution >= 0.6 is 0 Å². The molecule has 0 aliphatic carbocycles. The number of ether oxygens (including phenoxy) is 1. The van der Waals surface area contributed by atoms with E-state index in [1.165, 1.54) is 12.7 Å². The van der Waals surface area contributed by atoms with E-state index in [4.69, 9.17) is 4.74 Å². The molecule has 3 nitrogen and oxygen atoms in total. The Hall–Kier alpha value is -1.35. The van der Waals surface area contributed by atoms with Gasteiger partial charge in [0.05, 0.1) is 13.0 Å². The molecule has 2 atom stereocenters. The van der Waals surface area contributed by atoms with E-state index in [0.717, 1.165) is 19.4 Å². The van der Waals surface area contributed by atoms with Crippen molar-refractivity contribution in [2.24, 2.45) is 5.92 Å². The second-order valence-electron chi connectivity index (χ2n) is 4.16. The van der Waals surface area contributed by atoms with Gasteiger partial charge in [-0.3, -0.25) is 4.79 Å². The van der Waals surface area contributed by atoms with Crippen molar-refractivity contribution < 1.29 is 9.53 Å². The third kappa shape index (κ3) is 2.42. The molecule has 0 radical (unpaired) electrons. The maximum Gasteiger partial charge on any atom is 0.308 e. The summed E-state index contributed by atoms with van der Waals surface area (Å²) >= 11 is 0. The summed E-state index contributed by atoms with van der Waals surface area (Å²) in [6, 6.07) is 10.5. The maximum absolute atomic E-state index is 11.5. The summed E-state index contributed by atoms with van der Waals surface area (Å²) in [7, 11) is 1.46. The average molecular weight is 219 g/mol. The molecule has 1 saturated heterocycles. The van der Waals surface area contributed by atoms with Crippen LogP contribution in [-0.4, -0.2) is 19.6 Å². The highest BCUT2D eigenvalue weighted by atomic mass is 16.5. The van der Waals surface area contributed by atoms with Crippen molar-refractivity contribution in [1.29, 1.82) is 0 Å². The fraction of sp³-hybridized carbons (Fsp3) is 0.462. The lowest BCUT2D eigenvalue weighted by molar-refractivity contribution is -0.146. The molecule has 1 fully saturated rings. The molecular weight excluding hydrogens is 202 g/mol. The molecule has 1 aromatic rings. The van der Waals surface area contributed by atoms with Gasteiger partial charge in [0.15, 0.2) is 0 Å². The van der Waals surface area contributed by atoms with Crippen molar-refractivity contribution >= 4 is 5.97 Å². The van der Waals surface area contributed by atoms with Gasteiger partial charge in [-0.05, 0) is 24.9 Å². The Labute approximate surface area is 95.8 Å². The first-order chi connectivity index (χ1) is 7.81. The first kappa shape index (κ1) is 11.1. The number of carbonyl (C=O) groups is 1. The van der Waals surface area contributed by atoms with E-state index >= 15 is 0 Å². The quantitative estimate of drug-likeness (QED) is 0.772. The van der Waals surface area contributed by atoms with Crippen LogP contribution in [0.5, 0.6) is 0 Å². The minimum absolute atomic E-state index is 0.0384. The first-order valence-corrected chi connectivity index (χ1v) is 5.67. The molecule has 0 aromatic heterocycles. The fourth-order valence-corrected chi connectivity index (χ4v) is 2.24. The lowest BCUT2D eigenvalue weighted by atomic mass is 9.89. The maximum atomic E-state index is 11.5. The molecule has 16 heavy (non-hydrogen) atoms. The van der Waals surface area contributed by atoms with E-state index in [0.29, 0.717) is 0 Å². The predicted molar refractivity (Wildman–Crippen MR) is 61.9 cm³/mol. The summed E-state index contributed by atoms with van der Waals surface area (Å²) in [6.45, 7) is 0.874. The smallest absolute Gasteiger partial charge is 0.308 e. The zero-order valence-electron chi connectivity index (χ0n) is 9.48. The Morgan fingerprint density at radius 3 is 2.81 bits per heavy atom.